The Morgan fingerprint density at radius 1 is 1.31 bits per heavy atom. The number of anilines is 1. The van der Waals surface area contributed by atoms with E-state index in [4.69, 9.17) is 25.8 Å². The molecule has 2 saturated carbocycles. The maximum atomic E-state index is 13.1. The normalized spacial score (nSPS) is 30.2. The van der Waals surface area contributed by atoms with Gasteiger partial charge in [-0.15, -0.1) is 0 Å². The van der Waals surface area contributed by atoms with Crippen LogP contribution >= 0.6 is 11.6 Å². The smallest absolute Gasteiger partial charge is 0.315 e. The van der Waals surface area contributed by atoms with Crippen LogP contribution in [0, 0.1) is 18.3 Å². The minimum absolute atomic E-state index is 0.00231. The Labute approximate surface area is 208 Å². The summed E-state index contributed by atoms with van der Waals surface area (Å²) in [4.78, 5) is 26.6. The molecule has 3 aromatic rings. The van der Waals surface area contributed by atoms with Gasteiger partial charge < -0.3 is 24.1 Å². The molecule has 1 N–H and O–H groups in total. The van der Waals surface area contributed by atoms with Gasteiger partial charge in [-0.3, -0.25) is 4.79 Å². The molecule has 1 aliphatic heterocycles. The van der Waals surface area contributed by atoms with Crippen molar-refractivity contribution in [3.05, 3.63) is 47.0 Å². The zero-order chi connectivity index (χ0) is 24.5. The van der Waals surface area contributed by atoms with Gasteiger partial charge in [0, 0.05) is 12.5 Å². The number of fused-ring (bicyclic) bond motifs is 4. The highest BCUT2D eigenvalue weighted by Gasteiger charge is 2.80. The Kier molecular flexibility index (Phi) is 5.11. The Morgan fingerprint density at radius 2 is 2.14 bits per heavy atom. The SMILES string of the molecule is CCOC(=O)[C@@]12C[C@@H]1[C@@H](n1cnc3c(NCc4cccc(C)c4)nc(Cl)nc31)[C@@H]1OC(C)(C)O[C@@H]12. The highest BCUT2D eigenvalue weighted by Crippen LogP contribution is 2.72. The molecule has 1 saturated heterocycles. The molecule has 0 unspecified atom stereocenters. The van der Waals surface area contributed by atoms with Crippen molar-refractivity contribution < 1.29 is 19.0 Å². The minimum Gasteiger partial charge on any atom is -0.465 e. The number of aromatic nitrogens is 4. The minimum atomic E-state index is -0.801. The molecule has 9 nitrogen and oxygen atoms in total. The van der Waals surface area contributed by atoms with Crippen LogP contribution in [-0.4, -0.2) is 50.1 Å². The maximum absolute atomic E-state index is 13.1. The van der Waals surface area contributed by atoms with Crippen LogP contribution in [0.25, 0.3) is 11.2 Å². The zero-order valence-corrected chi connectivity index (χ0v) is 20.9. The fraction of sp³-hybridized carbons (Fsp3) is 0.520. The van der Waals surface area contributed by atoms with Crippen molar-refractivity contribution in [2.24, 2.45) is 11.3 Å². The molecule has 0 spiro atoms. The molecule has 6 rings (SSSR count). The second kappa shape index (κ2) is 7.88. The van der Waals surface area contributed by atoms with Crippen LogP contribution in [0.2, 0.25) is 5.28 Å². The Bertz CT molecular complexity index is 1330. The fourth-order valence-corrected chi connectivity index (χ4v) is 6.10. The number of halogens is 1. The van der Waals surface area contributed by atoms with Crippen LogP contribution in [-0.2, 0) is 25.5 Å². The molecule has 1 aromatic carbocycles. The summed E-state index contributed by atoms with van der Waals surface area (Å²) in [6.45, 7) is 8.52. The molecular formula is C25H28ClN5O4. The van der Waals surface area contributed by atoms with E-state index in [2.05, 4.69) is 45.4 Å². The van der Waals surface area contributed by atoms with Gasteiger partial charge in [0.2, 0.25) is 5.28 Å². The first-order valence-electron chi connectivity index (χ1n) is 12.0. The summed E-state index contributed by atoms with van der Waals surface area (Å²) in [7, 11) is 0. The van der Waals surface area contributed by atoms with E-state index in [9.17, 15) is 4.79 Å². The number of imidazole rings is 1. The number of nitrogens with one attached hydrogen (secondary N) is 1. The largest absolute Gasteiger partial charge is 0.465 e. The van der Waals surface area contributed by atoms with E-state index < -0.39 is 11.2 Å². The van der Waals surface area contributed by atoms with Gasteiger partial charge in [0.15, 0.2) is 22.8 Å². The molecular weight excluding hydrogens is 470 g/mol. The predicted octanol–water partition coefficient (Wildman–Crippen LogP) is 4.04. The first-order valence-corrected chi connectivity index (χ1v) is 12.3. The van der Waals surface area contributed by atoms with Gasteiger partial charge in [-0.05, 0) is 51.3 Å². The van der Waals surface area contributed by atoms with E-state index >= 15 is 0 Å². The highest BCUT2D eigenvalue weighted by molar-refractivity contribution is 6.28. The summed E-state index contributed by atoms with van der Waals surface area (Å²) >= 11 is 6.36. The lowest BCUT2D eigenvalue weighted by Gasteiger charge is -2.24. The van der Waals surface area contributed by atoms with Crippen molar-refractivity contribution in [2.75, 3.05) is 11.9 Å². The van der Waals surface area contributed by atoms with Gasteiger partial charge in [-0.25, -0.2) is 4.98 Å². The molecule has 5 atom stereocenters. The van der Waals surface area contributed by atoms with Crippen molar-refractivity contribution in [1.82, 2.24) is 19.5 Å². The first kappa shape index (κ1) is 22.7. The summed E-state index contributed by atoms with van der Waals surface area (Å²) in [6, 6.07) is 8.07. The third-order valence-corrected chi connectivity index (χ3v) is 7.53. The summed E-state index contributed by atoms with van der Waals surface area (Å²) in [6.07, 6.45) is 1.69. The molecule has 0 bridgehead atoms. The molecule has 2 aromatic heterocycles. The van der Waals surface area contributed by atoms with Gasteiger partial charge in [0.25, 0.3) is 0 Å². The van der Waals surface area contributed by atoms with Crippen LogP contribution in [0.3, 0.4) is 0 Å². The lowest BCUT2D eigenvalue weighted by atomic mass is 9.99. The molecule has 2 aliphatic carbocycles. The molecule has 0 amide bonds. The van der Waals surface area contributed by atoms with Crippen molar-refractivity contribution in [3.8, 4) is 0 Å². The number of rotatable bonds is 6. The van der Waals surface area contributed by atoms with Gasteiger partial charge in [0.05, 0.1) is 19.0 Å². The number of esters is 1. The lowest BCUT2D eigenvalue weighted by Crippen LogP contribution is -2.36. The van der Waals surface area contributed by atoms with E-state index in [0.29, 0.717) is 36.6 Å². The van der Waals surface area contributed by atoms with E-state index in [-0.39, 0.29) is 35.4 Å². The van der Waals surface area contributed by atoms with E-state index in [1.54, 1.807) is 6.33 Å². The monoisotopic (exact) mass is 497 g/mol. The number of aryl methyl sites for hydroxylation is 1. The molecule has 0 radical (unpaired) electrons. The number of nitrogens with zero attached hydrogens (tertiary/aromatic N) is 4. The highest BCUT2D eigenvalue weighted by atomic mass is 35.5. The second-order valence-electron chi connectivity index (χ2n) is 10.1. The van der Waals surface area contributed by atoms with E-state index in [0.717, 1.165) is 5.56 Å². The number of ether oxygens (including phenoxy) is 3. The van der Waals surface area contributed by atoms with Crippen molar-refractivity contribution in [3.63, 3.8) is 0 Å². The second-order valence-corrected chi connectivity index (χ2v) is 10.4. The fourth-order valence-electron chi connectivity index (χ4n) is 5.93. The molecule has 3 heterocycles. The third-order valence-electron chi connectivity index (χ3n) is 7.36. The zero-order valence-electron chi connectivity index (χ0n) is 20.1. The molecule has 35 heavy (non-hydrogen) atoms. The average molecular weight is 498 g/mol. The number of hydrogen-bond donors (Lipinski definition) is 1. The standard InChI is InChI=1S/C25H28ClN5O4/c1-5-33-22(32)25-10-15(25)17(18-19(25)35-24(3,4)34-18)31-12-28-16-20(29-23(26)30-21(16)31)27-11-14-8-6-7-13(2)9-14/h6-9,12,15,17-19H,5,10-11H2,1-4H3,(H,27,29,30)/t15-,17-,18+,19+,25+/m1/s1. The molecule has 184 valence electrons. The number of hydrogen-bond acceptors (Lipinski definition) is 8. The van der Waals surface area contributed by atoms with Gasteiger partial charge >= 0.3 is 5.97 Å². The first-order chi connectivity index (χ1) is 16.7. The summed E-state index contributed by atoms with van der Waals surface area (Å²) in [5, 5.41) is 3.48. The Balaban J connectivity index is 1.36. The maximum Gasteiger partial charge on any atom is 0.315 e. The summed E-state index contributed by atoms with van der Waals surface area (Å²) < 4.78 is 20.0. The van der Waals surface area contributed by atoms with Gasteiger partial charge in [-0.1, -0.05) is 29.8 Å². The number of benzene rings is 1. The quantitative estimate of drug-likeness (QED) is 0.402. The van der Waals surface area contributed by atoms with Gasteiger partial charge in [0.1, 0.15) is 17.6 Å². The average Bonchev–Trinajstić information content (AvgIpc) is 3.13. The Hall–Kier alpha value is -2.75. The summed E-state index contributed by atoms with van der Waals surface area (Å²) in [5.41, 5.74) is 2.82. The lowest BCUT2D eigenvalue weighted by molar-refractivity contribution is -0.172. The number of carbonyl (C=O) groups is 1. The van der Waals surface area contributed by atoms with Gasteiger partial charge in [-0.2, -0.15) is 9.97 Å². The van der Waals surface area contributed by atoms with Crippen molar-refractivity contribution in [1.29, 1.82) is 0 Å². The van der Waals surface area contributed by atoms with Crippen LogP contribution in [0.5, 0.6) is 0 Å². The third kappa shape index (κ3) is 3.51. The van der Waals surface area contributed by atoms with E-state index in [1.807, 2.05) is 31.4 Å². The van der Waals surface area contributed by atoms with Crippen LogP contribution in [0.4, 0.5) is 5.82 Å². The summed E-state index contributed by atoms with van der Waals surface area (Å²) in [5.74, 6) is -0.459. The van der Waals surface area contributed by atoms with E-state index in [1.165, 1.54) is 5.56 Å². The molecule has 3 aliphatic rings. The van der Waals surface area contributed by atoms with Crippen LogP contribution in [0.1, 0.15) is 44.4 Å². The van der Waals surface area contributed by atoms with Crippen molar-refractivity contribution in [2.45, 2.75) is 64.7 Å². The van der Waals surface area contributed by atoms with Crippen molar-refractivity contribution >= 4 is 34.6 Å². The Morgan fingerprint density at radius 3 is 2.91 bits per heavy atom. The van der Waals surface area contributed by atoms with Crippen LogP contribution < -0.4 is 5.32 Å². The van der Waals surface area contributed by atoms with Crippen LogP contribution in [0.15, 0.2) is 30.6 Å². The molecule has 3 fully saturated rings. The topological polar surface area (TPSA) is 100 Å². The molecule has 10 heteroatoms. The number of carbonyl (C=O) groups excluding carboxylic acids is 1. The predicted molar refractivity (Wildman–Crippen MR) is 129 cm³/mol.